The molecular formula is C27H29F3N4O4. The number of carbonyl (C=O) groups excluding carboxylic acids is 3. The van der Waals surface area contributed by atoms with Gasteiger partial charge >= 0.3 is 12.1 Å². The number of amides is 4. The summed E-state index contributed by atoms with van der Waals surface area (Å²) in [6.07, 6.45) is 2.01. The number of nitrogens with one attached hydrogen (secondary N) is 1. The second kappa shape index (κ2) is 10.6. The molecule has 2 aliphatic heterocycles. The van der Waals surface area contributed by atoms with Gasteiger partial charge in [0.05, 0.1) is 0 Å². The van der Waals surface area contributed by atoms with Crippen LogP contribution in [0.5, 0.6) is 0 Å². The maximum atomic E-state index is 13.9. The molecule has 3 atom stereocenters. The maximum Gasteiger partial charge on any atom is 0.419 e. The molecule has 202 valence electrons. The van der Waals surface area contributed by atoms with Gasteiger partial charge in [0.1, 0.15) is 11.9 Å². The van der Waals surface area contributed by atoms with E-state index in [1.807, 2.05) is 12.1 Å². The lowest BCUT2D eigenvalue weighted by Crippen LogP contribution is -2.48. The van der Waals surface area contributed by atoms with Crippen LogP contribution < -0.4 is 11.1 Å². The van der Waals surface area contributed by atoms with E-state index in [9.17, 15) is 27.6 Å². The van der Waals surface area contributed by atoms with E-state index < -0.39 is 41.8 Å². The van der Waals surface area contributed by atoms with Crippen LogP contribution in [0.1, 0.15) is 55.2 Å². The van der Waals surface area contributed by atoms with Crippen molar-refractivity contribution < 1.29 is 32.3 Å². The van der Waals surface area contributed by atoms with E-state index in [-0.39, 0.29) is 17.4 Å². The Labute approximate surface area is 217 Å². The summed E-state index contributed by atoms with van der Waals surface area (Å²) < 4.78 is 45.7. The summed E-state index contributed by atoms with van der Waals surface area (Å²) in [5.74, 6) is -3.14. The molecule has 8 nitrogen and oxygen atoms in total. The number of carbonyl (C=O) groups is 3. The van der Waals surface area contributed by atoms with Crippen LogP contribution in [0.15, 0.2) is 42.5 Å². The molecule has 1 aliphatic carbocycles. The van der Waals surface area contributed by atoms with Crippen LogP contribution in [0, 0.1) is 17.5 Å². The molecule has 1 saturated carbocycles. The molecule has 2 aromatic carbocycles. The molecule has 11 heteroatoms. The monoisotopic (exact) mass is 530 g/mol. The van der Waals surface area contributed by atoms with Gasteiger partial charge in [0.2, 0.25) is 6.10 Å². The lowest BCUT2D eigenvalue weighted by Gasteiger charge is -2.35. The number of halogens is 3. The lowest BCUT2D eigenvalue weighted by molar-refractivity contribution is -0.125. The quantitative estimate of drug-likeness (QED) is 0.609. The van der Waals surface area contributed by atoms with Gasteiger partial charge in [0.15, 0.2) is 11.6 Å². The van der Waals surface area contributed by atoms with E-state index in [2.05, 4.69) is 10.2 Å². The number of cyclic esters (lactones) is 1. The molecule has 2 heterocycles. The van der Waals surface area contributed by atoms with Crippen LogP contribution >= 0.6 is 0 Å². The number of hydrogen-bond acceptors (Lipinski definition) is 5. The Balaban J connectivity index is 1.21. The molecule has 2 aromatic rings. The first-order valence-corrected chi connectivity index (χ1v) is 12.8. The second-order valence-electron chi connectivity index (χ2n) is 10.2. The van der Waals surface area contributed by atoms with E-state index >= 15 is 0 Å². The van der Waals surface area contributed by atoms with Crippen molar-refractivity contribution in [2.75, 3.05) is 13.1 Å². The number of likely N-dealkylation sites (tertiary alicyclic amines) is 1. The Morgan fingerprint density at radius 2 is 1.61 bits per heavy atom. The van der Waals surface area contributed by atoms with Crippen molar-refractivity contribution in [1.29, 1.82) is 0 Å². The Kier molecular flexibility index (Phi) is 7.29. The summed E-state index contributed by atoms with van der Waals surface area (Å²) in [5.41, 5.74) is 6.54. The molecule has 0 unspecified atom stereocenters. The van der Waals surface area contributed by atoms with Crippen molar-refractivity contribution in [2.24, 2.45) is 5.73 Å². The third-order valence-corrected chi connectivity index (χ3v) is 7.88. The minimum atomic E-state index is -1.53. The van der Waals surface area contributed by atoms with Gasteiger partial charge in [-0.2, -0.15) is 0 Å². The standard InChI is InChI=1S/C27H29F3N4O4/c28-18-6-1-15(2-7-18)16-3-8-20(9-4-16)33-12-11-19(14-33)32-26(36)34-23(24(25(31)35)38-27(34)37)17-5-10-21(29)22(30)13-17/h1-2,5-7,10,13,16,19-20,23-24H,3-4,8-9,11-12,14H2,(H2,31,35)(H,32,36)/t16?,19-,20?,23+,24-/m1/s1. The number of ether oxygens (including phenoxy) is 1. The van der Waals surface area contributed by atoms with Crippen molar-refractivity contribution in [1.82, 2.24) is 15.1 Å². The first-order valence-electron chi connectivity index (χ1n) is 12.8. The molecule has 3 aliphatic rings. The van der Waals surface area contributed by atoms with Crippen molar-refractivity contribution in [3.05, 3.63) is 71.0 Å². The molecule has 3 N–H and O–H groups in total. The predicted octanol–water partition coefficient (Wildman–Crippen LogP) is 3.96. The number of imide groups is 1. The molecule has 3 fully saturated rings. The van der Waals surface area contributed by atoms with Gasteiger partial charge in [0.25, 0.3) is 5.91 Å². The molecule has 5 rings (SSSR count). The zero-order chi connectivity index (χ0) is 27.0. The second-order valence-corrected chi connectivity index (χ2v) is 10.2. The summed E-state index contributed by atoms with van der Waals surface area (Å²) in [4.78, 5) is 40.7. The largest absolute Gasteiger partial charge is 0.433 e. The Hall–Kier alpha value is -3.60. The number of nitrogens with two attached hydrogens (primary N) is 1. The molecule has 4 amide bonds. The Morgan fingerprint density at radius 1 is 0.921 bits per heavy atom. The zero-order valence-corrected chi connectivity index (χ0v) is 20.6. The van der Waals surface area contributed by atoms with E-state index in [0.29, 0.717) is 29.8 Å². The molecule has 2 saturated heterocycles. The van der Waals surface area contributed by atoms with Gasteiger partial charge in [-0.15, -0.1) is 0 Å². The fourth-order valence-electron chi connectivity index (χ4n) is 5.91. The van der Waals surface area contributed by atoms with E-state index in [1.165, 1.54) is 18.2 Å². The van der Waals surface area contributed by atoms with E-state index in [4.69, 9.17) is 10.5 Å². The summed E-state index contributed by atoms with van der Waals surface area (Å²) >= 11 is 0. The van der Waals surface area contributed by atoms with Crippen LogP contribution in [0.4, 0.5) is 22.8 Å². The van der Waals surface area contributed by atoms with Crippen molar-refractivity contribution in [2.45, 2.75) is 62.3 Å². The molecule has 38 heavy (non-hydrogen) atoms. The highest BCUT2D eigenvalue weighted by atomic mass is 19.2. The Bertz CT molecular complexity index is 1220. The minimum Gasteiger partial charge on any atom is -0.433 e. The molecular weight excluding hydrogens is 501 g/mol. The molecule has 0 spiro atoms. The van der Waals surface area contributed by atoms with Crippen LogP contribution in [0.2, 0.25) is 0 Å². The van der Waals surface area contributed by atoms with Gasteiger partial charge in [-0.3, -0.25) is 9.69 Å². The number of nitrogens with zero attached hydrogens (tertiary/aromatic N) is 2. The highest BCUT2D eigenvalue weighted by Gasteiger charge is 2.50. The summed E-state index contributed by atoms with van der Waals surface area (Å²) in [7, 11) is 0. The van der Waals surface area contributed by atoms with E-state index in [1.54, 1.807) is 0 Å². The van der Waals surface area contributed by atoms with Crippen LogP contribution in [0.25, 0.3) is 0 Å². The normalized spacial score (nSPS) is 27.8. The number of hydrogen-bond donors (Lipinski definition) is 2. The van der Waals surface area contributed by atoms with Crippen molar-refractivity contribution in [3.8, 4) is 0 Å². The first kappa shape index (κ1) is 26.0. The van der Waals surface area contributed by atoms with Crippen LogP contribution in [0.3, 0.4) is 0 Å². The molecule has 0 aromatic heterocycles. The average Bonchev–Trinajstić information content (AvgIpc) is 3.50. The van der Waals surface area contributed by atoms with Crippen molar-refractivity contribution >= 4 is 18.0 Å². The fraction of sp³-hybridized carbons (Fsp3) is 0.444. The molecule has 0 radical (unpaired) electrons. The number of urea groups is 1. The number of benzene rings is 2. The average molecular weight is 531 g/mol. The van der Waals surface area contributed by atoms with Gasteiger partial charge in [-0.1, -0.05) is 18.2 Å². The van der Waals surface area contributed by atoms with E-state index in [0.717, 1.165) is 49.9 Å². The van der Waals surface area contributed by atoms with Gasteiger partial charge < -0.3 is 15.8 Å². The van der Waals surface area contributed by atoms with Gasteiger partial charge in [-0.05, 0) is 73.4 Å². The SMILES string of the molecule is NC(=O)[C@@H]1OC(=O)N(C(=O)N[C@@H]2CCN(C3CCC(c4ccc(F)cc4)CC3)C2)[C@H]1c1ccc(F)c(F)c1. The predicted molar refractivity (Wildman–Crippen MR) is 130 cm³/mol. The minimum absolute atomic E-state index is 0.0136. The summed E-state index contributed by atoms with van der Waals surface area (Å²) in [6.45, 7) is 1.37. The summed E-state index contributed by atoms with van der Waals surface area (Å²) in [6, 6.07) is 7.53. The van der Waals surface area contributed by atoms with Crippen LogP contribution in [-0.2, 0) is 9.53 Å². The third kappa shape index (κ3) is 5.20. The zero-order valence-electron chi connectivity index (χ0n) is 20.6. The first-order chi connectivity index (χ1) is 18.2. The van der Waals surface area contributed by atoms with Gasteiger partial charge in [-0.25, -0.2) is 27.7 Å². The smallest absolute Gasteiger partial charge is 0.419 e. The third-order valence-electron chi connectivity index (χ3n) is 7.88. The van der Waals surface area contributed by atoms with Crippen molar-refractivity contribution in [3.63, 3.8) is 0 Å². The van der Waals surface area contributed by atoms with Crippen LogP contribution in [-0.4, -0.2) is 59.1 Å². The summed E-state index contributed by atoms with van der Waals surface area (Å²) in [5, 5.41) is 2.83. The highest BCUT2D eigenvalue weighted by Crippen LogP contribution is 2.37. The van der Waals surface area contributed by atoms with Gasteiger partial charge in [0, 0.05) is 25.2 Å². The maximum absolute atomic E-state index is 13.9. The lowest BCUT2D eigenvalue weighted by atomic mass is 9.81. The number of rotatable bonds is 5. The number of primary amides is 1. The fourth-order valence-corrected chi connectivity index (χ4v) is 5.91. The topological polar surface area (TPSA) is 105 Å². The molecule has 0 bridgehead atoms. The highest BCUT2D eigenvalue weighted by molar-refractivity contribution is 5.97. The Morgan fingerprint density at radius 3 is 2.26 bits per heavy atom.